The van der Waals surface area contributed by atoms with Gasteiger partial charge in [0, 0.05) is 25.1 Å². The van der Waals surface area contributed by atoms with Crippen molar-refractivity contribution in [2.45, 2.75) is 91.0 Å². The van der Waals surface area contributed by atoms with Crippen molar-refractivity contribution in [1.29, 1.82) is 0 Å². The molecule has 0 saturated heterocycles. The molecular formula is C26H37BrN2O3Si. The van der Waals surface area contributed by atoms with Crippen molar-refractivity contribution in [1.82, 2.24) is 0 Å². The van der Waals surface area contributed by atoms with Crippen molar-refractivity contribution in [3.8, 4) is 5.75 Å². The molecule has 2 aromatic rings. The van der Waals surface area contributed by atoms with Gasteiger partial charge in [-0.1, -0.05) is 53.7 Å². The molecule has 1 aliphatic rings. The highest BCUT2D eigenvalue weighted by molar-refractivity contribution is 9.10. The fraction of sp³-hybridized carbons (Fsp3) is 0.538. The Morgan fingerprint density at radius 1 is 1.12 bits per heavy atom. The van der Waals surface area contributed by atoms with Crippen molar-refractivity contribution >= 4 is 35.6 Å². The Kier molecular flexibility index (Phi) is 7.64. The molecular weight excluding hydrogens is 496 g/mol. The van der Waals surface area contributed by atoms with Gasteiger partial charge in [0.2, 0.25) is 0 Å². The fourth-order valence-electron chi connectivity index (χ4n) is 5.84. The van der Waals surface area contributed by atoms with Crippen LogP contribution in [0.4, 0.5) is 11.4 Å². The molecule has 180 valence electrons. The first-order chi connectivity index (χ1) is 15.4. The number of rotatable bonds is 8. The summed E-state index contributed by atoms with van der Waals surface area (Å²) in [6.07, 6.45) is 0.695. The summed E-state index contributed by atoms with van der Waals surface area (Å²) >= 11 is 3.78. The third-order valence-corrected chi connectivity index (χ3v) is 13.9. The number of nitro groups is 1. The lowest BCUT2D eigenvalue weighted by atomic mass is 10.1. The number of halogens is 1. The first kappa shape index (κ1) is 25.8. The number of hydrogen-bond donors (Lipinski definition) is 0. The van der Waals surface area contributed by atoms with Crippen LogP contribution in [0.3, 0.4) is 0 Å². The molecule has 1 unspecified atom stereocenters. The van der Waals surface area contributed by atoms with E-state index in [-0.39, 0.29) is 16.7 Å². The molecule has 2 aromatic carbocycles. The average Bonchev–Trinajstić information content (AvgIpc) is 3.03. The monoisotopic (exact) mass is 532 g/mol. The Balaban J connectivity index is 1.91. The molecule has 0 saturated carbocycles. The fourth-order valence-corrected chi connectivity index (χ4v) is 11.8. The van der Waals surface area contributed by atoms with Gasteiger partial charge in [-0.25, -0.2) is 0 Å². The maximum atomic E-state index is 11.6. The average molecular weight is 534 g/mol. The van der Waals surface area contributed by atoms with Crippen LogP contribution >= 0.6 is 15.9 Å². The van der Waals surface area contributed by atoms with E-state index >= 15 is 0 Å². The molecule has 7 heteroatoms. The second kappa shape index (κ2) is 9.78. The normalized spacial score (nSPS) is 16.1. The quantitative estimate of drug-likeness (QED) is 0.195. The van der Waals surface area contributed by atoms with Crippen LogP contribution in [0.25, 0.3) is 0 Å². The molecule has 0 fully saturated rings. The zero-order valence-corrected chi connectivity index (χ0v) is 23.7. The lowest BCUT2D eigenvalue weighted by molar-refractivity contribution is -0.385. The maximum absolute atomic E-state index is 11.6. The Bertz CT molecular complexity index is 1020. The van der Waals surface area contributed by atoms with Gasteiger partial charge < -0.3 is 9.33 Å². The molecule has 3 rings (SSSR count). The highest BCUT2D eigenvalue weighted by Crippen LogP contribution is 2.45. The zero-order valence-electron chi connectivity index (χ0n) is 21.1. The summed E-state index contributed by atoms with van der Waals surface area (Å²) in [4.78, 5) is 13.6. The zero-order chi connectivity index (χ0) is 24.7. The van der Waals surface area contributed by atoms with E-state index in [0.29, 0.717) is 29.6 Å². The minimum Gasteiger partial charge on any atom is -0.542 e. The molecule has 0 N–H and O–H groups in total. The number of aryl methyl sites for hydroxylation is 1. The van der Waals surface area contributed by atoms with Gasteiger partial charge in [0.05, 0.1) is 20.6 Å². The SMILES string of the molecule is Cc1ccc([N+](=O)[O-])c2c1N(Cc1ccc(O[Si](C(C)C)(C(C)C)C(C)C)c(Br)c1)C(C)C2. The van der Waals surface area contributed by atoms with Crippen LogP contribution < -0.4 is 9.33 Å². The van der Waals surface area contributed by atoms with Crippen LogP contribution in [-0.2, 0) is 13.0 Å². The number of anilines is 1. The molecule has 0 aliphatic carbocycles. The highest BCUT2D eigenvalue weighted by Gasteiger charge is 2.47. The second-order valence-electron chi connectivity index (χ2n) is 10.4. The van der Waals surface area contributed by atoms with E-state index in [2.05, 4.69) is 87.5 Å². The van der Waals surface area contributed by atoms with Crippen molar-refractivity contribution < 1.29 is 9.35 Å². The number of fused-ring (bicyclic) bond motifs is 1. The standard InChI is InChI=1S/C26H37BrN2O3Si/c1-16(2)33(17(3)4,18(5)6)32-25-12-10-21(14-23(25)27)15-28-20(8)13-22-24(29(30)31)11-9-19(7)26(22)28/h9-12,14,16-18,20H,13,15H2,1-8H3. The van der Waals surface area contributed by atoms with E-state index in [0.717, 1.165) is 32.6 Å². The lowest BCUT2D eigenvalue weighted by Gasteiger charge is -2.42. The van der Waals surface area contributed by atoms with Crippen LogP contribution in [0, 0.1) is 17.0 Å². The number of benzene rings is 2. The van der Waals surface area contributed by atoms with E-state index in [1.54, 1.807) is 6.07 Å². The predicted octanol–water partition coefficient (Wildman–Crippen LogP) is 8.17. The van der Waals surface area contributed by atoms with Crippen LogP contribution in [-0.4, -0.2) is 19.3 Å². The van der Waals surface area contributed by atoms with Gasteiger partial charge in [0.25, 0.3) is 14.0 Å². The summed E-state index contributed by atoms with van der Waals surface area (Å²) < 4.78 is 7.86. The molecule has 33 heavy (non-hydrogen) atoms. The van der Waals surface area contributed by atoms with Gasteiger partial charge >= 0.3 is 0 Å². The molecule has 0 aromatic heterocycles. The summed E-state index contributed by atoms with van der Waals surface area (Å²) in [6, 6.07) is 10.1. The Morgan fingerprint density at radius 2 is 1.73 bits per heavy atom. The van der Waals surface area contributed by atoms with Gasteiger partial charge in [-0.05, 0) is 69.7 Å². The van der Waals surface area contributed by atoms with Crippen molar-refractivity contribution in [3.63, 3.8) is 0 Å². The first-order valence-corrected chi connectivity index (χ1v) is 14.8. The van der Waals surface area contributed by atoms with Gasteiger partial charge in [-0.15, -0.1) is 0 Å². The van der Waals surface area contributed by atoms with Crippen molar-refractivity contribution in [2.75, 3.05) is 4.90 Å². The minimum atomic E-state index is -2.04. The predicted molar refractivity (Wildman–Crippen MR) is 143 cm³/mol. The largest absolute Gasteiger partial charge is 0.542 e. The van der Waals surface area contributed by atoms with Crippen molar-refractivity contribution in [2.24, 2.45) is 0 Å². The number of hydrogen-bond acceptors (Lipinski definition) is 4. The summed E-state index contributed by atoms with van der Waals surface area (Å²) in [6.45, 7) is 18.6. The Hall–Kier alpha value is -1.86. The van der Waals surface area contributed by atoms with E-state index < -0.39 is 8.32 Å². The molecule has 1 heterocycles. The summed E-state index contributed by atoms with van der Waals surface area (Å²) in [7, 11) is -2.04. The molecule has 0 amide bonds. The Labute approximate surface area is 207 Å². The lowest BCUT2D eigenvalue weighted by Crippen LogP contribution is -2.50. The third-order valence-electron chi connectivity index (χ3n) is 7.32. The third kappa shape index (κ3) is 4.71. The second-order valence-corrected chi connectivity index (χ2v) is 16.6. The number of nitrogens with zero attached hydrogens (tertiary/aromatic N) is 2. The highest BCUT2D eigenvalue weighted by atomic mass is 79.9. The van der Waals surface area contributed by atoms with Gasteiger partial charge in [-0.3, -0.25) is 10.1 Å². The van der Waals surface area contributed by atoms with E-state index in [9.17, 15) is 10.1 Å². The molecule has 1 aliphatic heterocycles. The van der Waals surface area contributed by atoms with Crippen LogP contribution in [0.1, 0.15) is 65.2 Å². The van der Waals surface area contributed by atoms with Gasteiger partial charge in [-0.2, -0.15) is 0 Å². The Morgan fingerprint density at radius 3 is 2.24 bits per heavy atom. The van der Waals surface area contributed by atoms with Gasteiger partial charge in [0.1, 0.15) is 5.75 Å². The summed E-state index contributed by atoms with van der Waals surface area (Å²) in [5, 5.41) is 11.6. The molecule has 0 bridgehead atoms. The van der Waals surface area contributed by atoms with E-state index in [4.69, 9.17) is 4.43 Å². The first-order valence-electron chi connectivity index (χ1n) is 11.9. The van der Waals surface area contributed by atoms with Gasteiger partial charge in [0.15, 0.2) is 0 Å². The smallest absolute Gasteiger partial charge is 0.274 e. The minimum absolute atomic E-state index is 0.206. The van der Waals surface area contributed by atoms with Crippen LogP contribution in [0.5, 0.6) is 5.75 Å². The number of nitro benzene ring substituents is 1. The summed E-state index contributed by atoms with van der Waals surface area (Å²) in [5.74, 6) is 0.920. The maximum Gasteiger partial charge on any atom is 0.274 e. The van der Waals surface area contributed by atoms with E-state index in [1.165, 1.54) is 0 Å². The van der Waals surface area contributed by atoms with E-state index in [1.807, 2.05) is 13.0 Å². The molecule has 0 radical (unpaired) electrons. The topological polar surface area (TPSA) is 55.6 Å². The molecule has 5 nitrogen and oxygen atoms in total. The summed E-state index contributed by atoms with van der Waals surface area (Å²) in [5.41, 5.74) is 5.85. The molecule has 1 atom stereocenters. The van der Waals surface area contributed by atoms with Crippen LogP contribution in [0.2, 0.25) is 16.6 Å². The van der Waals surface area contributed by atoms with Crippen LogP contribution in [0.15, 0.2) is 34.8 Å². The molecule has 0 spiro atoms. The van der Waals surface area contributed by atoms with Crippen molar-refractivity contribution in [3.05, 3.63) is 61.6 Å².